The Bertz CT molecular complexity index is 2390. The van der Waals surface area contributed by atoms with Crippen LogP contribution in [-0.4, -0.2) is 32.1 Å². The molecule has 0 amide bonds. The van der Waals surface area contributed by atoms with Crippen LogP contribution in [0.2, 0.25) is 0 Å². The van der Waals surface area contributed by atoms with Gasteiger partial charge in [0, 0.05) is 13.8 Å². The van der Waals surface area contributed by atoms with Gasteiger partial charge in [0.25, 0.3) is 11.9 Å². The molecule has 4 aromatic carbocycles. The van der Waals surface area contributed by atoms with E-state index in [1.807, 2.05) is 24.3 Å². The summed E-state index contributed by atoms with van der Waals surface area (Å²) < 4.78 is 0. The second-order valence-corrected chi connectivity index (χ2v) is 12.9. The van der Waals surface area contributed by atoms with Gasteiger partial charge in [-0.1, -0.05) is 146 Å². The first-order chi connectivity index (χ1) is 27.3. The summed E-state index contributed by atoms with van der Waals surface area (Å²) in [4.78, 5) is 39.2. The normalized spacial score (nSPS) is 11.0. The molecule has 0 saturated carbocycles. The van der Waals surface area contributed by atoms with E-state index in [1.54, 1.807) is 0 Å². The number of fused-ring (bicyclic) bond motifs is 8. The van der Waals surface area contributed by atoms with Gasteiger partial charge in [-0.15, -0.1) is 22.1 Å². The minimum Gasteiger partial charge on any atom is -0.657 e. The molecule has 2 aliphatic heterocycles. The Morgan fingerprint density at radius 1 is 0.386 bits per heavy atom. The fourth-order valence-electron chi connectivity index (χ4n) is 6.69. The van der Waals surface area contributed by atoms with Crippen molar-refractivity contribution in [2.45, 2.75) is 13.8 Å². The number of hydrogen-bond donors (Lipinski definition) is 2. The molecule has 2 N–H and O–H groups in total. The van der Waals surface area contributed by atoms with Gasteiger partial charge in [-0.3, -0.25) is 9.59 Å². The van der Waals surface area contributed by atoms with Gasteiger partial charge < -0.3 is 20.2 Å². The monoisotopic (exact) mass is 822 g/mol. The van der Waals surface area contributed by atoms with E-state index in [2.05, 4.69) is 146 Å². The second kappa shape index (κ2) is 18.3. The van der Waals surface area contributed by atoms with E-state index in [1.165, 1.54) is 0 Å². The predicted molar refractivity (Wildman–Crippen MR) is 225 cm³/mol. The van der Waals surface area contributed by atoms with Gasteiger partial charge in [-0.25, -0.2) is 9.97 Å². The fourth-order valence-corrected chi connectivity index (χ4v) is 6.69. The molecule has 5 heterocycles. The molecule has 8 bridgehead atoms. The number of benzene rings is 4. The minimum atomic E-state index is -0.833. The van der Waals surface area contributed by atoms with Crippen molar-refractivity contribution in [1.82, 2.24) is 19.9 Å². The summed E-state index contributed by atoms with van der Waals surface area (Å²) in [6.45, 7) is 2.17. The molecule has 276 valence electrons. The van der Waals surface area contributed by atoms with Crippen LogP contribution in [0.15, 0.2) is 146 Å². The first kappa shape index (κ1) is 40.0. The average molecular weight is 824 g/mol. The number of carbonyl (C=O) groups is 2. The Labute approximate surface area is 349 Å². The van der Waals surface area contributed by atoms with Crippen molar-refractivity contribution in [3.63, 3.8) is 0 Å². The number of aromatic nitrogens is 4. The number of nitrogens with zero attached hydrogens (tertiary/aromatic N) is 4. The zero-order valence-electron chi connectivity index (χ0n) is 31.2. The third kappa shape index (κ3) is 9.23. The molecule has 0 spiro atoms. The maximum absolute atomic E-state index is 9.00. The van der Waals surface area contributed by atoms with Crippen molar-refractivity contribution in [2.24, 2.45) is 0 Å². The fraction of sp³-hybridized carbons (Fsp3) is 0.0417. The van der Waals surface area contributed by atoms with Crippen LogP contribution < -0.4 is 9.97 Å². The molecular formula is C48H36N4O4Zr. The maximum atomic E-state index is 9.00. The van der Waals surface area contributed by atoms with E-state index in [4.69, 9.17) is 39.7 Å². The number of carboxylic acid groups (broad SMARTS) is 2. The van der Waals surface area contributed by atoms with Crippen LogP contribution in [0.4, 0.5) is 0 Å². The van der Waals surface area contributed by atoms with Crippen molar-refractivity contribution >= 4 is 58.3 Å². The molecule has 9 rings (SSSR count). The van der Waals surface area contributed by atoms with Crippen molar-refractivity contribution in [1.29, 1.82) is 0 Å². The van der Waals surface area contributed by atoms with Crippen molar-refractivity contribution in [3.05, 3.63) is 168 Å². The van der Waals surface area contributed by atoms with Crippen molar-refractivity contribution in [2.75, 3.05) is 0 Å². The molecule has 2 aliphatic rings. The van der Waals surface area contributed by atoms with Crippen LogP contribution in [0.1, 0.15) is 36.6 Å². The van der Waals surface area contributed by atoms with Crippen LogP contribution in [-0.2, 0) is 35.8 Å². The van der Waals surface area contributed by atoms with E-state index in [-0.39, 0.29) is 26.2 Å². The smallest absolute Gasteiger partial charge is 0.657 e. The molecule has 0 atom stereocenters. The molecule has 7 aromatic rings. The van der Waals surface area contributed by atoms with E-state index in [0.717, 1.165) is 103 Å². The Hall–Kier alpha value is -6.70. The van der Waals surface area contributed by atoms with Gasteiger partial charge in [-0.05, 0) is 68.8 Å². The summed E-state index contributed by atoms with van der Waals surface area (Å²) in [5, 5.41) is 14.8. The number of carboxylic acids is 2. The van der Waals surface area contributed by atoms with E-state index in [9.17, 15) is 0 Å². The summed E-state index contributed by atoms with van der Waals surface area (Å²) in [6.07, 6.45) is 8.41. The Morgan fingerprint density at radius 3 is 0.772 bits per heavy atom. The Balaban J connectivity index is 0.000000561. The second-order valence-electron chi connectivity index (χ2n) is 12.9. The topological polar surface area (TPSA) is 129 Å². The predicted octanol–water partition coefficient (Wildman–Crippen LogP) is 10.8. The first-order valence-electron chi connectivity index (χ1n) is 17.9. The zero-order chi connectivity index (χ0) is 39.0. The SMILES string of the molecule is C1=Cc2nc1c(-c1ccccc1)c1ccc([n-]1)c(-c1ccccc1)c1nc(c(-c3ccccc3)c3ccc([n-]3)c2-c2ccccc2)C=C1.CC(=O)O.CC(=O)O.[Zr+2]. The summed E-state index contributed by atoms with van der Waals surface area (Å²) in [5.74, 6) is -1.67. The molecule has 0 saturated heterocycles. The van der Waals surface area contributed by atoms with Gasteiger partial charge in [-0.2, -0.15) is 0 Å². The van der Waals surface area contributed by atoms with Crippen molar-refractivity contribution < 1.29 is 46.0 Å². The average Bonchev–Trinajstić information content (AvgIpc) is 4.04. The molecule has 9 heteroatoms. The molecule has 8 nitrogen and oxygen atoms in total. The zero-order valence-corrected chi connectivity index (χ0v) is 33.6. The van der Waals surface area contributed by atoms with E-state index < -0.39 is 11.9 Å². The number of rotatable bonds is 4. The first-order valence-corrected chi connectivity index (χ1v) is 17.9. The van der Waals surface area contributed by atoms with Gasteiger partial charge in [0.05, 0.1) is 22.8 Å². The van der Waals surface area contributed by atoms with Gasteiger partial charge in [0.1, 0.15) is 0 Å². The van der Waals surface area contributed by atoms with Crippen LogP contribution in [0.25, 0.3) is 90.9 Å². The van der Waals surface area contributed by atoms with E-state index in [0.29, 0.717) is 0 Å². The minimum absolute atomic E-state index is 0. The van der Waals surface area contributed by atoms with Gasteiger partial charge in [0.2, 0.25) is 0 Å². The Kier molecular flexibility index (Phi) is 12.8. The maximum Gasteiger partial charge on any atom is 2.00 e. The van der Waals surface area contributed by atoms with E-state index >= 15 is 0 Å². The number of aliphatic carboxylic acids is 2. The molecular weight excluding hydrogens is 788 g/mol. The standard InChI is InChI=1S/C44H28N4.2C2H4O2.Zr/c1-5-13-29(14-6-1)41-33-21-23-35(45-33)42(30-15-7-2-8-16-30)37-25-27-39(47-37)44(32-19-11-4-12-20-32)40-28-26-38(48-40)43(31-17-9-3-10-18-31)36-24-22-34(41)46-36;2*1-2(3)4;/h1-28H;2*1H3,(H,3,4);/q-2;;;+2. The molecule has 0 aliphatic carbocycles. The van der Waals surface area contributed by atoms with Crippen LogP contribution in [0.3, 0.4) is 0 Å². The van der Waals surface area contributed by atoms with Crippen LogP contribution in [0, 0.1) is 0 Å². The van der Waals surface area contributed by atoms with Crippen LogP contribution in [0.5, 0.6) is 0 Å². The summed E-state index contributed by atoms with van der Waals surface area (Å²) in [6, 6.07) is 50.0. The molecule has 0 unspecified atom stereocenters. The summed E-state index contributed by atoms with van der Waals surface area (Å²) >= 11 is 0. The third-order valence-electron chi connectivity index (χ3n) is 8.86. The summed E-state index contributed by atoms with van der Waals surface area (Å²) in [5.41, 5.74) is 15.0. The molecule has 0 fully saturated rings. The largest absolute Gasteiger partial charge is 2.00 e. The van der Waals surface area contributed by atoms with Crippen molar-refractivity contribution in [3.8, 4) is 44.5 Å². The summed E-state index contributed by atoms with van der Waals surface area (Å²) in [7, 11) is 0. The molecule has 0 radical (unpaired) electrons. The number of hydrogen-bond acceptors (Lipinski definition) is 4. The van der Waals surface area contributed by atoms with Gasteiger partial charge in [0.15, 0.2) is 0 Å². The van der Waals surface area contributed by atoms with Crippen LogP contribution >= 0.6 is 0 Å². The molecule has 57 heavy (non-hydrogen) atoms. The quantitative estimate of drug-likeness (QED) is 0.180. The Morgan fingerprint density at radius 2 is 0.579 bits per heavy atom. The third-order valence-corrected chi connectivity index (χ3v) is 8.86. The molecule has 3 aromatic heterocycles. The van der Waals surface area contributed by atoms with Gasteiger partial charge >= 0.3 is 26.2 Å².